The third kappa shape index (κ3) is 5.19. The summed E-state index contributed by atoms with van der Waals surface area (Å²) in [5, 5.41) is 8.71. The highest BCUT2D eigenvalue weighted by Crippen LogP contribution is 2.36. The van der Waals surface area contributed by atoms with Gasteiger partial charge in [-0.3, -0.25) is 0 Å². The van der Waals surface area contributed by atoms with E-state index in [1.165, 1.54) is 18.2 Å². The second-order valence-electron chi connectivity index (χ2n) is 5.03. The molecule has 3 nitrogen and oxygen atoms in total. The monoisotopic (exact) mass is 360 g/mol. The molecule has 0 spiro atoms. The number of hydrogen-bond donors (Lipinski definition) is 0. The molecule has 0 atom stereocenters. The van der Waals surface area contributed by atoms with Gasteiger partial charge in [0.15, 0.2) is 0 Å². The number of aromatic nitrogens is 1. The summed E-state index contributed by atoms with van der Waals surface area (Å²) >= 11 is 0. The summed E-state index contributed by atoms with van der Waals surface area (Å²) in [6, 6.07) is 7.59. The first-order chi connectivity index (χ1) is 11.6. The van der Waals surface area contributed by atoms with Gasteiger partial charge in [-0.25, -0.2) is 4.98 Å². The Bertz CT molecular complexity index is 760. The van der Waals surface area contributed by atoms with Crippen LogP contribution in [0.25, 0.3) is 0 Å². The predicted molar refractivity (Wildman–Crippen MR) is 73.9 cm³/mol. The quantitative estimate of drug-likeness (QED) is 0.742. The minimum Gasteiger partial charge on any atom is -0.370 e. The first kappa shape index (κ1) is 18.7. The number of nitrogens with zero attached hydrogens (tertiary/aromatic N) is 2. The molecule has 0 radical (unpaired) electrons. The van der Waals surface area contributed by atoms with Crippen LogP contribution in [0.5, 0.6) is 0 Å². The zero-order chi connectivity index (χ0) is 18.7. The fourth-order valence-corrected chi connectivity index (χ4v) is 2.00. The van der Waals surface area contributed by atoms with E-state index in [1.807, 2.05) is 0 Å². The average molecular weight is 360 g/mol. The second-order valence-corrected chi connectivity index (χ2v) is 5.03. The number of ether oxygens (including phenoxy) is 1. The first-order valence-electron chi connectivity index (χ1n) is 6.82. The van der Waals surface area contributed by atoms with Gasteiger partial charge in [0, 0.05) is 0 Å². The van der Waals surface area contributed by atoms with E-state index >= 15 is 0 Å². The Balaban J connectivity index is 2.17. The van der Waals surface area contributed by atoms with Crippen molar-refractivity contribution in [1.82, 2.24) is 4.98 Å². The van der Waals surface area contributed by atoms with Crippen LogP contribution in [0, 0.1) is 11.3 Å². The van der Waals surface area contributed by atoms with Crippen LogP contribution < -0.4 is 0 Å². The van der Waals surface area contributed by atoms with Gasteiger partial charge in [0.1, 0.15) is 11.8 Å². The van der Waals surface area contributed by atoms with Crippen molar-refractivity contribution in [2.24, 2.45) is 0 Å². The molecule has 1 aromatic heterocycles. The number of nitriles is 1. The lowest BCUT2D eigenvalue weighted by Gasteiger charge is -2.14. The van der Waals surface area contributed by atoms with Gasteiger partial charge >= 0.3 is 12.4 Å². The number of halogens is 6. The molecule has 9 heteroatoms. The molecule has 0 aliphatic heterocycles. The van der Waals surface area contributed by atoms with Gasteiger partial charge in [0.25, 0.3) is 0 Å². The molecule has 0 fully saturated rings. The highest BCUT2D eigenvalue weighted by Gasteiger charge is 2.36. The van der Waals surface area contributed by atoms with E-state index in [2.05, 4.69) is 4.98 Å². The third-order valence-electron chi connectivity index (χ3n) is 3.09. The van der Waals surface area contributed by atoms with Gasteiger partial charge < -0.3 is 4.74 Å². The minimum atomic E-state index is -4.90. The van der Waals surface area contributed by atoms with Crippen molar-refractivity contribution in [3.8, 4) is 6.07 Å². The average Bonchev–Trinajstić information content (AvgIpc) is 2.53. The molecule has 0 bridgehead atoms. The normalized spacial score (nSPS) is 12.0. The fraction of sp³-hybridized carbons (Fsp3) is 0.250. The maximum absolute atomic E-state index is 12.8. The number of benzene rings is 1. The van der Waals surface area contributed by atoms with E-state index in [4.69, 9.17) is 10.00 Å². The van der Waals surface area contributed by atoms with E-state index in [0.29, 0.717) is 17.8 Å². The smallest absolute Gasteiger partial charge is 0.370 e. The zero-order valence-corrected chi connectivity index (χ0v) is 12.4. The lowest BCUT2D eigenvalue weighted by atomic mass is 10.1. The molecule has 0 unspecified atom stereocenters. The molecule has 2 rings (SSSR count). The Morgan fingerprint density at radius 2 is 1.52 bits per heavy atom. The van der Waals surface area contributed by atoms with E-state index in [1.54, 1.807) is 6.07 Å². The molecule has 0 aliphatic rings. The van der Waals surface area contributed by atoms with Crippen molar-refractivity contribution in [1.29, 1.82) is 5.26 Å². The van der Waals surface area contributed by atoms with E-state index < -0.39 is 30.1 Å². The Labute approximate surface area is 138 Å². The van der Waals surface area contributed by atoms with Gasteiger partial charge in [-0.1, -0.05) is 6.07 Å². The summed E-state index contributed by atoms with van der Waals surface area (Å²) in [5.41, 5.74) is -2.60. The molecule has 0 N–H and O–H groups in total. The van der Waals surface area contributed by atoms with Gasteiger partial charge in [-0.2, -0.15) is 31.6 Å². The largest absolute Gasteiger partial charge is 0.416 e. The van der Waals surface area contributed by atoms with Crippen molar-refractivity contribution >= 4 is 0 Å². The summed E-state index contributed by atoms with van der Waals surface area (Å²) < 4.78 is 81.7. The topological polar surface area (TPSA) is 45.9 Å². The van der Waals surface area contributed by atoms with E-state index in [9.17, 15) is 26.3 Å². The summed E-state index contributed by atoms with van der Waals surface area (Å²) in [6.07, 6.45) is -9.81. The molecule has 1 aromatic carbocycles. The van der Waals surface area contributed by atoms with Gasteiger partial charge in [0.2, 0.25) is 0 Å². The summed E-state index contributed by atoms with van der Waals surface area (Å²) in [7, 11) is 0. The molecule has 132 valence electrons. The first-order valence-corrected chi connectivity index (χ1v) is 6.82. The SMILES string of the molecule is N#Cc1cccc(COCc2cc(C(F)(F)F)cc(C(F)(F)F)c2)n1. The lowest BCUT2D eigenvalue weighted by Crippen LogP contribution is -2.12. The standard InChI is InChI=1S/C16H10F6N2O/c17-15(18,19)11-4-10(5-12(6-11)16(20,21)22)8-25-9-14-3-1-2-13(7-23)24-14/h1-6H,8-9H2. The predicted octanol–water partition coefficient (Wildman–Crippen LogP) is 4.71. The van der Waals surface area contributed by atoms with Crippen molar-refractivity contribution in [2.45, 2.75) is 25.6 Å². The maximum Gasteiger partial charge on any atom is 0.416 e. The Morgan fingerprint density at radius 3 is 2.04 bits per heavy atom. The van der Waals surface area contributed by atoms with Gasteiger partial charge in [-0.15, -0.1) is 0 Å². The molecule has 25 heavy (non-hydrogen) atoms. The summed E-state index contributed by atoms with van der Waals surface area (Å²) in [5.74, 6) is 0. The van der Waals surface area contributed by atoms with E-state index in [0.717, 1.165) is 0 Å². The van der Waals surface area contributed by atoms with Crippen molar-refractivity contribution in [2.75, 3.05) is 0 Å². The molecule has 0 aliphatic carbocycles. The third-order valence-corrected chi connectivity index (χ3v) is 3.09. The molecule has 0 saturated carbocycles. The molecule has 2 aromatic rings. The zero-order valence-electron chi connectivity index (χ0n) is 12.4. The van der Waals surface area contributed by atoms with Gasteiger partial charge in [-0.05, 0) is 35.9 Å². The minimum absolute atomic E-state index is 0.0570. The van der Waals surface area contributed by atoms with Crippen molar-refractivity contribution in [3.05, 3.63) is 64.5 Å². The Hall–Kier alpha value is -2.60. The fourth-order valence-electron chi connectivity index (χ4n) is 2.00. The molecular formula is C16H10F6N2O. The highest BCUT2D eigenvalue weighted by atomic mass is 19.4. The van der Waals surface area contributed by atoms with E-state index in [-0.39, 0.29) is 23.9 Å². The highest BCUT2D eigenvalue weighted by molar-refractivity contribution is 5.33. The van der Waals surface area contributed by atoms with Crippen LogP contribution in [0.2, 0.25) is 0 Å². The van der Waals surface area contributed by atoms with Crippen LogP contribution in [-0.4, -0.2) is 4.98 Å². The van der Waals surface area contributed by atoms with Crippen molar-refractivity contribution in [3.63, 3.8) is 0 Å². The summed E-state index contributed by atoms with van der Waals surface area (Å²) in [4.78, 5) is 3.89. The molecule has 1 heterocycles. The molecule has 0 amide bonds. The maximum atomic E-state index is 12.8. The van der Waals surface area contributed by atoms with Crippen LogP contribution in [0.3, 0.4) is 0 Å². The molecular weight excluding hydrogens is 350 g/mol. The van der Waals surface area contributed by atoms with Crippen LogP contribution in [0.15, 0.2) is 36.4 Å². The van der Waals surface area contributed by atoms with Crippen molar-refractivity contribution < 1.29 is 31.1 Å². The van der Waals surface area contributed by atoms with Crippen LogP contribution in [0.4, 0.5) is 26.3 Å². The van der Waals surface area contributed by atoms with Crippen LogP contribution in [0.1, 0.15) is 28.1 Å². The number of rotatable bonds is 4. The molecule has 0 saturated heterocycles. The Morgan fingerprint density at radius 1 is 0.920 bits per heavy atom. The van der Waals surface area contributed by atoms with Gasteiger partial charge in [0.05, 0.1) is 30.0 Å². The van der Waals surface area contributed by atoms with Crippen LogP contribution >= 0.6 is 0 Å². The summed E-state index contributed by atoms with van der Waals surface area (Å²) in [6.45, 7) is -0.626. The van der Waals surface area contributed by atoms with Crippen LogP contribution in [-0.2, 0) is 30.3 Å². The lowest BCUT2D eigenvalue weighted by molar-refractivity contribution is -0.143. The number of alkyl halides is 6. The second kappa shape index (κ2) is 7.11. The Kier molecular flexibility index (Phi) is 5.33. The number of hydrogen-bond acceptors (Lipinski definition) is 3. The number of pyridine rings is 1.